The minimum atomic E-state index is -4.55. The highest BCUT2D eigenvalue weighted by Crippen LogP contribution is 2.43. The van der Waals surface area contributed by atoms with Crippen LogP contribution >= 0.6 is 0 Å². The molecule has 27 heavy (non-hydrogen) atoms. The van der Waals surface area contributed by atoms with Crippen molar-refractivity contribution in [2.45, 2.75) is 51.4 Å². The minimum absolute atomic E-state index is 0.0119. The van der Waals surface area contributed by atoms with E-state index in [1.807, 2.05) is 19.1 Å². The van der Waals surface area contributed by atoms with Crippen molar-refractivity contribution in [3.05, 3.63) is 42.0 Å². The number of benzene rings is 2. The number of carbonyl (C=O) groups is 1. The number of hydrazine groups is 1. The van der Waals surface area contributed by atoms with Crippen LogP contribution in [0.25, 0.3) is 10.8 Å². The molecule has 1 atom stereocenters. The van der Waals surface area contributed by atoms with Crippen molar-refractivity contribution in [3.8, 4) is 5.75 Å². The molecule has 1 aliphatic heterocycles. The van der Waals surface area contributed by atoms with E-state index in [1.54, 1.807) is 26.0 Å². The molecule has 0 aromatic heterocycles. The van der Waals surface area contributed by atoms with Gasteiger partial charge in [0, 0.05) is 17.3 Å². The Labute approximate surface area is 156 Å². The van der Waals surface area contributed by atoms with E-state index in [0.29, 0.717) is 17.7 Å². The van der Waals surface area contributed by atoms with E-state index >= 15 is 0 Å². The Morgan fingerprint density at radius 2 is 2.00 bits per heavy atom. The van der Waals surface area contributed by atoms with Gasteiger partial charge in [-0.3, -0.25) is 10.2 Å². The second-order valence-electron chi connectivity index (χ2n) is 7.42. The van der Waals surface area contributed by atoms with Crippen LogP contribution in [-0.2, 0) is 4.79 Å². The lowest BCUT2D eigenvalue weighted by molar-refractivity contribution is -0.203. The molecule has 1 aliphatic rings. The Balaban J connectivity index is 2.10. The van der Waals surface area contributed by atoms with Gasteiger partial charge in [0.05, 0.1) is 6.61 Å². The SMILES string of the molecule is CCCOc1cccc2ccc([C@H](N3NC(=O)CC3(C)C)C(F)(F)F)cc12. The molecular formula is C20H23F3N2O2. The molecule has 0 unspecified atom stereocenters. The second kappa shape index (κ2) is 7.03. The maximum absolute atomic E-state index is 14.0. The third-order valence-corrected chi connectivity index (χ3v) is 4.70. The van der Waals surface area contributed by atoms with Crippen molar-refractivity contribution in [1.82, 2.24) is 10.4 Å². The molecule has 2 aromatic carbocycles. The first-order valence-electron chi connectivity index (χ1n) is 8.94. The average Bonchev–Trinajstić information content (AvgIpc) is 2.84. The largest absolute Gasteiger partial charge is 0.493 e. The third-order valence-electron chi connectivity index (χ3n) is 4.70. The van der Waals surface area contributed by atoms with Gasteiger partial charge in [-0.1, -0.05) is 31.2 Å². The van der Waals surface area contributed by atoms with Gasteiger partial charge >= 0.3 is 6.18 Å². The topological polar surface area (TPSA) is 41.6 Å². The van der Waals surface area contributed by atoms with Gasteiger partial charge < -0.3 is 4.74 Å². The highest BCUT2D eigenvalue weighted by Gasteiger charge is 2.53. The van der Waals surface area contributed by atoms with Crippen LogP contribution in [0.15, 0.2) is 36.4 Å². The first-order chi connectivity index (χ1) is 12.6. The maximum atomic E-state index is 14.0. The number of halogens is 3. The predicted octanol–water partition coefficient (Wildman–Crippen LogP) is 4.75. The number of nitrogens with one attached hydrogen (secondary N) is 1. The van der Waals surface area contributed by atoms with E-state index in [4.69, 9.17) is 4.74 Å². The summed E-state index contributed by atoms with van der Waals surface area (Å²) in [5.74, 6) is 0.142. The van der Waals surface area contributed by atoms with Gasteiger partial charge in [-0.25, -0.2) is 0 Å². The highest BCUT2D eigenvalue weighted by atomic mass is 19.4. The summed E-state index contributed by atoms with van der Waals surface area (Å²) in [4.78, 5) is 11.8. The molecular weight excluding hydrogens is 357 g/mol. The van der Waals surface area contributed by atoms with E-state index in [-0.39, 0.29) is 12.0 Å². The molecule has 3 rings (SSSR count). The molecule has 4 nitrogen and oxygen atoms in total. The average molecular weight is 380 g/mol. The standard InChI is InChI=1S/C20H23F3N2O2/c1-4-10-27-16-7-5-6-13-8-9-14(11-15(13)16)18(20(21,22)23)25-19(2,3)12-17(26)24-25/h5-9,11,18H,4,10,12H2,1-3H3,(H,24,26)/t18-/m0/s1. The minimum Gasteiger partial charge on any atom is -0.493 e. The Hall–Kier alpha value is -2.28. The van der Waals surface area contributed by atoms with Crippen LogP contribution in [0.3, 0.4) is 0 Å². The molecule has 1 heterocycles. The van der Waals surface area contributed by atoms with Crippen LogP contribution in [0, 0.1) is 0 Å². The number of alkyl halides is 3. The molecule has 1 N–H and O–H groups in total. The van der Waals surface area contributed by atoms with Gasteiger partial charge in [0.15, 0.2) is 6.04 Å². The summed E-state index contributed by atoms with van der Waals surface area (Å²) in [6.45, 7) is 5.70. The maximum Gasteiger partial charge on any atom is 0.409 e. The molecule has 1 saturated heterocycles. The van der Waals surface area contributed by atoms with Crippen LogP contribution in [-0.4, -0.2) is 29.2 Å². The van der Waals surface area contributed by atoms with Gasteiger partial charge in [0.2, 0.25) is 5.91 Å². The van der Waals surface area contributed by atoms with Crippen LogP contribution in [0.4, 0.5) is 13.2 Å². The van der Waals surface area contributed by atoms with E-state index < -0.39 is 23.7 Å². The van der Waals surface area contributed by atoms with E-state index in [0.717, 1.165) is 16.8 Å². The number of ether oxygens (including phenoxy) is 1. The number of hydrogen-bond donors (Lipinski definition) is 1. The number of nitrogens with zero attached hydrogens (tertiary/aromatic N) is 1. The zero-order chi connectivity index (χ0) is 19.8. The fourth-order valence-electron chi connectivity index (χ4n) is 3.47. The molecule has 0 bridgehead atoms. The van der Waals surface area contributed by atoms with Crippen molar-refractivity contribution in [3.63, 3.8) is 0 Å². The Bertz CT molecular complexity index is 849. The van der Waals surface area contributed by atoms with Gasteiger partial charge in [-0.05, 0) is 43.4 Å². The van der Waals surface area contributed by atoms with E-state index in [9.17, 15) is 18.0 Å². The summed E-state index contributed by atoms with van der Waals surface area (Å²) in [5.41, 5.74) is 1.50. The van der Waals surface area contributed by atoms with Crippen LogP contribution in [0.1, 0.15) is 45.2 Å². The Kier molecular flexibility index (Phi) is 5.08. The van der Waals surface area contributed by atoms with Gasteiger partial charge in [0.1, 0.15) is 5.75 Å². The Morgan fingerprint density at radius 3 is 2.59 bits per heavy atom. The summed E-state index contributed by atoms with van der Waals surface area (Å²) in [6, 6.07) is 8.10. The zero-order valence-electron chi connectivity index (χ0n) is 15.6. The summed E-state index contributed by atoms with van der Waals surface area (Å²) in [5, 5.41) is 2.45. The first kappa shape index (κ1) is 19.5. The highest BCUT2D eigenvalue weighted by molar-refractivity contribution is 5.89. The number of fused-ring (bicyclic) bond motifs is 1. The van der Waals surface area contributed by atoms with Crippen molar-refractivity contribution in [2.75, 3.05) is 6.61 Å². The smallest absolute Gasteiger partial charge is 0.409 e. The molecule has 0 saturated carbocycles. The number of hydrogen-bond acceptors (Lipinski definition) is 3. The lowest BCUT2D eigenvalue weighted by atomic mass is 9.95. The number of rotatable bonds is 5. The molecule has 146 valence electrons. The summed E-state index contributed by atoms with van der Waals surface area (Å²) in [7, 11) is 0. The summed E-state index contributed by atoms with van der Waals surface area (Å²) >= 11 is 0. The molecule has 1 amide bonds. The third kappa shape index (κ3) is 3.88. The van der Waals surface area contributed by atoms with E-state index in [2.05, 4.69) is 5.43 Å². The van der Waals surface area contributed by atoms with Crippen LogP contribution in [0.2, 0.25) is 0 Å². The van der Waals surface area contributed by atoms with Crippen molar-refractivity contribution < 1.29 is 22.7 Å². The number of amides is 1. The second-order valence-corrected chi connectivity index (χ2v) is 7.42. The molecule has 2 aromatic rings. The number of carbonyl (C=O) groups excluding carboxylic acids is 1. The molecule has 0 aliphatic carbocycles. The van der Waals surface area contributed by atoms with E-state index in [1.165, 1.54) is 12.1 Å². The monoisotopic (exact) mass is 380 g/mol. The molecule has 0 spiro atoms. The lowest BCUT2D eigenvalue weighted by Crippen LogP contribution is -2.51. The van der Waals surface area contributed by atoms with Crippen LogP contribution in [0.5, 0.6) is 5.75 Å². The fourth-order valence-corrected chi connectivity index (χ4v) is 3.47. The normalized spacial score (nSPS) is 18.5. The van der Waals surface area contributed by atoms with Crippen molar-refractivity contribution in [1.29, 1.82) is 0 Å². The van der Waals surface area contributed by atoms with Gasteiger partial charge in [-0.2, -0.15) is 18.2 Å². The quantitative estimate of drug-likeness (QED) is 0.814. The van der Waals surface area contributed by atoms with Crippen molar-refractivity contribution in [2.24, 2.45) is 0 Å². The molecule has 1 fully saturated rings. The first-order valence-corrected chi connectivity index (χ1v) is 8.94. The zero-order valence-corrected chi connectivity index (χ0v) is 15.6. The van der Waals surface area contributed by atoms with Gasteiger partial charge in [-0.15, -0.1) is 0 Å². The Morgan fingerprint density at radius 1 is 1.26 bits per heavy atom. The van der Waals surface area contributed by atoms with Crippen LogP contribution < -0.4 is 10.2 Å². The molecule has 0 radical (unpaired) electrons. The summed E-state index contributed by atoms with van der Waals surface area (Å²) < 4.78 is 47.7. The van der Waals surface area contributed by atoms with Gasteiger partial charge in [0.25, 0.3) is 0 Å². The molecule has 7 heteroatoms. The lowest BCUT2D eigenvalue weighted by Gasteiger charge is -2.38. The summed E-state index contributed by atoms with van der Waals surface area (Å²) in [6.07, 6.45) is -3.74. The fraction of sp³-hybridized carbons (Fsp3) is 0.450. The predicted molar refractivity (Wildman–Crippen MR) is 97.2 cm³/mol. The van der Waals surface area contributed by atoms with Crippen molar-refractivity contribution >= 4 is 16.7 Å².